The molecule has 0 unspecified atom stereocenters. The molecule has 0 saturated heterocycles. The van der Waals surface area contributed by atoms with Gasteiger partial charge in [-0.25, -0.2) is 0 Å². The minimum Gasteiger partial charge on any atom is -0.489 e. The Labute approximate surface area is 114 Å². The zero-order valence-corrected chi connectivity index (χ0v) is 11.7. The van der Waals surface area contributed by atoms with Gasteiger partial charge in [0.1, 0.15) is 5.75 Å². The Bertz CT molecular complexity index is 538. The number of nitrogens with zero attached hydrogens (tertiary/aromatic N) is 1. The van der Waals surface area contributed by atoms with Gasteiger partial charge in [-0.05, 0) is 38.1 Å². The predicted molar refractivity (Wildman–Crippen MR) is 78.2 cm³/mol. The summed E-state index contributed by atoms with van der Waals surface area (Å²) in [5.41, 5.74) is 3.54. The molecule has 100 valence electrons. The first-order valence-corrected chi connectivity index (χ1v) is 6.55. The standard InChI is InChI=1S/C16H20N2O/c1-12(2)19-15-8-14(10-18-11-15)16-7-5-4-6-13(16)9-17-3/h4-8,10-12,17H,9H2,1-3H3. The average molecular weight is 256 g/mol. The second kappa shape index (κ2) is 6.34. The number of nitrogens with one attached hydrogen (secondary N) is 1. The molecule has 2 aromatic rings. The number of rotatable bonds is 5. The topological polar surface area (TPSA) is 34.2 Å². The smallest absolute Gasteiger partial charge is 0.138 e. The monoisotopic (exact) mass is 256 g/mol. The third-order valence-corrected chi connectivity index (χ3v) is 2.78. The van der Waals surface area contributed by atoms with Gasteiger partial charge in [0.05, 0.1) is 12.3 Å². The molecular weight excluding hydrogens is 236 g/mol. The van der Waals surface area contributed by atoms with Crippen molar-refractivity contribution in [3.63, 3.8) is 0 Å². The molecule has 0 aliphatic heterocycles. The number of pyridine rings is 1. The van der Waals surface area contributed by atoms with Gasteiger partial charge in [0.2, 0.25) is 0 Å². The summed E-state index contributed by atoms with van der Waals surface area (Å²) in [6.07, 6.45) is 3.79. The highest BCUT2D eigenvalue weighted by molar-refractivity contribution is 5.67. The zero-order valence-electron chi connectivity index (χ0n) is 11.7. The van der Waals surface area contributed by atoms with Crippen molar-refractivity contribution in [3.05, 3.63) is 48.3 Å². The van der Waals surface area contributed by atoms with Gasteiger partial charge >= 0.3 is 0 Å². The van der Waals surface area contributed by atoms with Gasteiger partial charge in [0, 0.05) is 18.3 Å². The second-order valence-corrected chi connectivity index (χ2v) is 4.76. The second-order valence-electron chi connectivity index (χ2n) is 4.76. The van der Waals surface area contributed by atoms with E-state index in [1.54, 1.807) is 6.20 Å². The van der Waals surface area contributed by atoms with Crippen LogP contribution in [0.5, 0.6) is 5.75 Å². The lowest BCUT2D eigenvalue weighted by Gasteiger charge is -2.12. The van der Waals surface area contributed by atoms with Crippen molar-refractivity contribution in [1.29, 1.82) is 0 Å². The van der Waals surface area contributed by atoms with Crippen molar-refractivity contribution in [2.24, 2.45) is 0 Å². The lowest BCUT2D eigenvalue weighted by atomic mass is 10.0. The number of benzene rings is 1. The van der Waals surface area contributed by atoms with Crippen molar-refractivity contribution < 1.29 is 4.74 Å². The Kier molecular flexibility index (Phi) is 4.53. The van der Waals surface area contributed by atoms with E-state index in [0.29, 0.717) is 0 Å². The summed E-state index contributed by atoms with van der Waals surface area (Å²) in [5, 5.41) is 3.19. The minimum atomic E-state index is 0.157. The molecule has 3 heteroatoms. The van der Waals surface area contributed by atoms with E-state index in [0.717, 1.165) is 17.9 Å². The van der Waals surface area contributed by atoms with Gasteiger partial charge in [-0.2, -0.15) is 0 Å². The molecule has 0 radical (unpaired) electrons. The van der Waals surface area contributed by atoms with Crippen LogP contribution in [0.1, 0.15) is 19.4 Å². The van der Waals surface area contributed by atoms with E-state index >= 15 is 0 Å². The largest absolute Gasteiger partial charge is 0.489 e. The fourth-order valence-corrected chi connectivity index (χ4v) is 2.05. The summed E-state index contributed by atoms with van der Waals surface area (Å²) in [4.78, 5) is 4.27. The lowest BCUT2D eigenvalue weighted by molar-refractivity contribution is 0.241. The summed E-state index contributed by atoms with van der Waals surface area (Å²) < 4.78 is 5.70. The molecule has 19 heavy (non-hydrogen) atoms. The lowest BCUT2D eigenvalue weighted by Crippen LogP contribution is -2.07. The highest BCUT2D eigenvalue weighted by Gasteiger charge is 2.06. The molecule has 1 aromatic heterocycles. The van der Waals surface area contributed by atoms with Crippen molar-refractivity contribution in [2.75, 3.05) is 7.05 Å². The molecule has 1 aromatic carbocycles. The normalized spacial score (nSPS) is 10.7. The SMILES string of the molecule is CNCc1ccccc1-c1cncc(OC(C)C)c1. The molecule has 1 heterocycles. The molecule has 1 N–H and O–H groups in total. The Morgan fingerprint density at radius 2 is 2.00 bits per heavy atom. The quantitative estimate of drug-likeness (QED) is 0.891. The average Bonchev–Trinajstić information content (AvgIpc) is 2.39. The van der Waals surface area contributed by atoms with Crippen LogP contribution in [0.15, 0.2) is 42.7 Å². The summed E-state index contributed by atoms with van der Waals surface area (Å²) in [5.74, 6) is 0.812. The number of aromatic nitrogens is 1. The van der Waals surface area contributed by atoms with Crippen LogP contribution in [0, 0.1) is 0 Å². The maximum atomic E-state index is 5.70. The molecular formula is C16H20N2O. The third-order valence-electron chi connectivity index (χ3n) is 2.78. The molecule has 3 nitrogen and oxygen atoms in total. The predicted octanol–water partition coefficient (Wildman–Crippen LogP) is 3.26. The molecule has 0 saturated carbocycles. The molecule has 0 aliphatic rings. The van der Waals surface area contributed by atoms with Gasteiger partial charge in [-0.1, -0.05) is 24.3 Å². The van der Waals surface area contributed by atoms with Crippen LogP contribution in [0.25, 0.3) is 11.1 Å². The first-order valence-electron chi connectivity index (χ1n) is 6.55. The van der Waals surface area contributed by atoms with Crippen LogP contribution in [0.3, 0.4) is 0 Å². The molecule has 0 bridgehead atoms. The maximum absolute atomic E-state index is 5.70. The van der Waals surface area contributed by atoms with Crippen molar-refractivity contribution in [2.45, 2.75) is 26.5 Å². The van der Waals surface area contributed by atoms with Gasteiger partial charge in [-0.3, -0.25) is 4.98 Å². The fraction of sp³-hybridized carbons (Fsp3) is 0.312. The molecule has 0 fully saturated rings. The van der Waals surface area contributed by atoms with Crippen LogP contribution in [0.4, 0.5) is 0 Å². The van der Waals surface area contributed by atoms with Gasteiger partial charge in [0.25, 0.3) is 0 Å². The molecule has 0 spiro atoms. The van der Waals surface area contributed by atoms with Crippen molar-refractivity contribution >= 4 is 0 Å². The first kappa shape index (κ1) is 13.6. The van der Waals surface area contributed by atoms with Crippen molar-refractivity contribution in [1.82, 2.24) is 10.3 Å². The molecule has 2 rings (SSSR count). The summed E-state index contributed by atoms with van der Waals surface area (Å²) in [7, 11) is 1.95. The zero-order chi connectivity index (χ0) is 13.7. The van der Waals surface area contributed by atoms with E-state index in [-0.39, 0.29) is 6.10 Å². The molecule has 0 amide bonds. The van der Waals surface area contributed by atoms with Crippen LogP contribution in [-0.2, 0) is 6.54 Å². The highest BCUT2D eigenvalue weighted by atomic mass is 16.5. The van der Waals surface area contributed by atoms with E-state index in [1.807, 2.05) is 39.2 Å². The van der Waals surface area contributed by atoms with Gasteiger partial charge in [0.15, 0.2) is 0 Å². The van der Waals surface area contributed by atoms with Crippen LogP contribution < -0.4 is 10.1 Å². The summed E-state index contributed by atoms with van der Waals surface area (Å²) >= 11 is 0. The number of hydrogen-bond acceptors (Lipinski definition) is 3. The molecule has 0 aliphatic carbocycles. The van der Waals surface area contributed by atoms with Gasteiger partial charge in [-0.15, -0.1) is 0 Å². The van der Waals surface area contributed by atoms with Crippen LogP contribution in [0.2, 0.25) is 0 Å². The summed E-state index contributed by atoms with van der Waals surface area (Å²) in [6, 6.07) is 10.4. The number of ether oxygens (including phenoxy) is 1. The Morgan fingerprint density at radius 1 is 1.21 bits per heavy atom. The summed E-state index contributed by atoms with van der Waals surface area (Å²) in [6.45, 7) is 4.87. The van der Waals surface area contributed by atoms with Crippen molar-refractivity contribution in [3.8, 4) is 16.9 Å². The highest BCUT2D eigenvalue weighted by Crippen LogP contribution is 2.26. The minimum absolute atomic E-state index is 0.157. The Hall–Kier alpha value is -1.87. The van der Waals surface area contributed by atoms with Gasteiger partial charge < -0.3 is 10.1 Å². The van der Waals surface area contributed by atoms with Crippen LogP contribution in [-0.4, -0.2) is 18.1 Å². The van der Waals surface area contributed by atoms with E-state index < -0.39 is 0 Å². The maximum Gasteiger partial charge on any atom is 0.138 e. The van der Waals surface area contributed by atoms with Crippen LogP contribution >= 0.6 is 0 Å². The Morgan fingerprint density at radius 3 is 2.74 bits per heavy atom. The van der Waals surface area contributed by atoms with E-state index in [9.17, 15) is 0 Å². The molecule has 0 atom stereocenters. The Balaban J connectivity index is 2.36. The third kappa shape index (κ3) is 3.55. The fourth-order valence-electron chi connectivity index (χ4n) is 2.05. The number of hydrogen-bond donors (Lipinski definition) is 1. The van der Waals surface area contributed by atoms with E-state index in [1.165, 1.54) is 11.1 Å². The van der Waals surface area contributed by atoms with E-state index in [2.05, 4.69) is 28.5 Å². The first-order chi connectivity index (χ1) is 9.20. The van der Waals surface area contributed by atoms with E-state index in [4.69, 9.17) is 4.74 Å².